The van der Waals surface area contributed by atoms with Crippen LogP contribution in [0.2, 0.25) is 0 Å². The second kappa shape index (κ2) is 8.55. The molecule has 0 aliphatic heterocycles. The molecule has 0 aliphatic rings. The molecule has 0 aliphatic carbocycles. The summed E-state index contributed by atoms with van der Waals surface area (Å²) in [6.45, 7) is 4.32. The molecule has 3 N–H and O–H groups in total. The summed E-state index contributed by atoms with van der Waals surface area (Å²) in [7, 11) is 0. The predicted octanol–water partition coefficient (Wildman–Crippen LogP) is 3.53. The summed E-state index contributed by atoms with van der Waals surface area (Å²) in [4.78, 5) is 14.4. The summed E-state index contributed by atoms with van der Waals surface area (Å²) < 4.78 is 0. The van der Waals surface area contributed by atoms with Gasteiger partial charge < -0.3 is 16.0 Å². The van der Waals surface area contributed by atoms with Crippen LogP contribution in [0.25, 0.3) is 0 Å². The lowest BCUT2D eigenvalue weighted by atomic mass is 10.1. The Morgan fingerprint density at radius 3 is 2.40 bits per heavy atom. The van der Waals surface area contributed by atoms with Crippen LogP contribution in [0.5, 0.6) is 0 Å². The molecule has 0 bridgehead atoms. The SMILES string of the molecule is CC(C)N(Cc1ccccc1)C(=O)/C(C#N)=C\Nc1ccc(N)cc1. The Morgan fingerprint density at radius 1 is 1.20 bits per heavy atom. The van der Waals surface area contributed by atoms with Crippen LogP contribution in [-0.4, -0.2) is 16.8 Å². The fraction of sp³-hybridized carbons (Fsp3) is 0.200. The lowest BCUT2D eigenvalue weighted by Crippen LogP contribution is -2.37. The lowest BCUT2D eigenvalue weighted by Gasteiger charge is -2.26. The van der Waals surface area contributed by atoms with Gasteiger partial charge in [-0.15, -0.1) is 0 Å². The van der Waals surface area contributed by atoms with E-state index in [1.54, 1.807) is 29.2 Å². The quantitative estimate of drug-likeness (QED) is 0.481. The minimum absolute atomic E-state index is 0.0269. The van der Waals surface area contributed by atoms with Gasteiger partial charge in [-0.25, -0.2) is 0 Å². The number of benzene rings is 2. The fourth-order valence-corrected chi connectivity index (χ4v) is 2.30. The van der Waals surface area contributed by atoms with Gasteiger partial charge in [-0.1, -0.05) is 30.3 Å². The van der Waals surface area contributed by atoms with Crippen molar-refractivity contribution in [1.29, 1.82) is 5.26 Å². The Bertz CT molecular complexity index is 774. The minimum atomic E-state index is -0.302. The molecule has 0 heterocycles. The Morgan fingerprint density at radius 2 is 1.84 bits per heavy atom. The second-order valence-electron chi connectivity index (χ2n) is 5.95. The molecule has 25 heavy (non-hydrogen) atoms. The number of rotatable bonds is 6. The molecule has 1 amide bonds. The molecule has 2 aromatic rings. The van der Waals surface area contributed by atoms with Crippen molar-refractivity contribution in [2.24, 2.45) is 0 Å². The molecule has 128 valence electrons. The number of hydrogen-bond acceptors (Lipinski definition) is 4. The van der Waals surface area contributed by atoms with Crippen LogP contribution in [0.15, 0.2) is 66.4 Å². The number of nitrogens with zero attached hydrogens (tertiary/aromatic N) is 2. The monoisotopic (exact) mass is 334 g/mol. The van der Waals surface area contributed by atoms with Gasteiger partial charge in [0.2, 0.25) is 0 Å². The van der Waals surface area contributed by atoms with Crippen molar-refractivity contribution in [2.75, 3.05) is 11.1 Å². The van der Waals surface area contributed by atoms with E-state index in [2.05, 4.69) is 5.32 Å². The molecule has 0 saturated heterocycles. The molecule has 2 rings (SSSR count). The van der Waals surface area contributed by atoms with Gasteiger partial charge in [0.1, 0.15) is 11.6 Å². The first-order chi connectivity index (χ1) is 12.0. The topological polar surface area (TPSA) is 82.2 Å². The van der Waals surface area contributed by atoms with Crippen molar-refractivity contribution in [3.8, 4) is 6.07 Å². The van der Waals surface area contributed by atoms with Crippen LogP contribution in [0.4, 0.5) is 11.4 Å². The smallest absolute Gasteiger partial charge is 0.266 e. The van der Waals surface area contributed by atoms with E-state index in [-0.39, 0.29) is 17.5 Å². The zero-order valence-corrected chi connectivity index (χ0v) is 14.4. The maximum absolute atomic E-state index is 12.8. The third-order valence-corrected chi connectivity index (χ3v) is 3.72. The summed E-state index contributed by atoms with van der Waals surface area (Å²) in [5, 5.41) is 12.4. The summed E-state index contributed by atoms with van der Waals surface area (Å²) in [6, 6.07) is 18.8. The van der Waals surface area contributed by atoms with E-state index >= 15 is 0 Å². The van der Waals surface area contributed by atoms with E-state index in [1.807, 2.05) is 50.2 Å². The van der Waals surface area contributed by atoms with Gasteiger partial charge in [0.15, 0.2) is 0 Å². The van der Waals surface area contributed by atoms with E-state index in [1.165, 1.54) is 6.20 Å². The first kappa shape index (κ1) is 18.1. The van der Waals surface area contributed by atoms with E-state index in [0.717, 1.165) is 11.3 Å². The first-order valence-electron chi connectivity index (χ1n) is 8.08. The van der Waals surface area contributed by atoms with Crippen molar-refractivity contribution in [3.63, 3.8) is 0 Å². The van der Waals surface area contributed by atoms with E-state index in [4.69, 9.17) is 5.73 Å². The van der Waals surface area contributed by atoms with Crippen molar-refractivity contribution < 1.29 is 4.79 Å². The van der Waals surface area contributed by atoms with Crippen LogP contribution >= 0.6 is 0 Å². The number of nitrogens with one attached hydrogen (secondary N) is 1. The van der Waals surface area contributed by atoms with Crippen LogP contribution < -0.4 is 11.1 Å². The van der Waals surface area contributed by atoms with Crippen LogP contribution in [0.1, 0.15) is 19.4 Å². The number of hydrogen-bond donors (Lipinski definition) is 2. The highest BCUT2D eigenvalue weighted by molar-refractivity contribution is 5.97. The standard InChI is InChI=1S/C20H22N4O/c1-15(2)24(14-16-6-4-3-5-7-16)20(25)17(12-21)13-23-19-10-8-18(22)9-11-19/h3-11,13,15,23H,14,22H2,1-2H3/b17-13-. The summed E-state index contributed by atoms with van der Waals surface area (Å²) in [6.07, 6.45) is 1.44. The van der Waals surface area contributed by atoms with Gasteiger partial charge in [-0.3, -0.25) is 4.79 Å². The van der Waals surface area contributed by atoms with E-state index in [9.17, 15) is 10.1 Å². The van der Waals surface area contributed by atoms with Crippen molar-refractivity contribution in [2.45, 2.75) is 26.4 Å². The number of nitriles is 1. The first-order valence-corrected chi connectivity index (χ1v) is 8.08. The maximum Gasteiger partial charge on any atom is 0.266 e. The molecule has 0 atom stereocenters. The molecule has 0 fully saturated rings. The zero-order chi connectivity index (χ0) is 18.2. The van der Waals surface area contributed by atoms with E-state index in [0.29, 0.717) is 12.2 Å². The predicted molar refractivity (Wildman–Crippen MR) is 100 cm³/mol. The highest BCUT2D eigenvalue weighted by atomic mass is 16.2. The molecular formula is C20H22N4O. The van der Waals surface area contributed by atoms with Gasteiger partial charge in [0.05, 0.1) is 0 Å². The molecule has 0 aromatic heterocycles. The summed E-state index contributed by atoms with van der Waals surface area (Å²) in [5.41, 5.74) is 8.14. The highest BCUT2D eigenvalue weighted by Crippen LogP contribution is 2.14. The third-order valence-electron chi connectivity index (χ3n) is 3.72. The molecule has 5 nitrogen and oxygen atoms in total. The minimum Gasteiger partial charge on any atom is -0.399 e. The average molecular weight is 334 g/mol. The number of nitrogen functional groups attached to an aromatic ring is 1. The Hall–Kier alpha value is -3.26. The fourth-order valence-electron chi connectivity index (χ4n) is 2.30. The second-order valence-corrected chi connectivity index (χ2v) is 5.95. The lowest BCUT2D eigenvalue weighted by molar-refractivity contribution is -0.129. The van der Waals surface area contributed by atoms with Crippen LogP contribution in [-0.2, 0) is 11.3 Å². The summed E-state index contributed by atoms with van der Waals surface area (Å²) >= 11 is 0. The largest absolute Gasteiger partial charge is 0.399 e. The Balaban J connectivity index is 2.15. The molecule has 0 radical (unpaired) electrons. The summed E-state index contributed by atoms with van der Waals surface area (Å²) in [5.74, 6) is -0.302. The van der Waals surface area contributed by atoms with Crippen LogP contribution in [0, 0.1) is 11.3 Å². The number of carbonyl (C=O) groups is 1. The zero-order valence-electron chi connectivity index (χ0n) is 14.4. The number of carbonyl (C=O) groups excluding carboxylic acids is 1. The van der Waals surface area contributed by atoms with Crippen molar-refractivity contribution in [3.05, 3.63) is 71.9 Å². The third kappa shape index (κ3) is 5.11. The van der Waals surface area contributed by atoms with Crippen molar-refractivity contribution >= 4 is 17.3 Å². The number of amides is 1. The van der Waals surface area contributed by atoms with Crippen LogP contribution in [0.3, 0.4) is 0 Å². The van der Waals surface area contributed by atoms with Gasteiger partial charge in [-0.2, -0.15) is 5.26 Å². The highest BCUT2D eigenvalue weighted by Gasteiger charge is 2.21. The normalized spacial score (nSPS) is 11.0. The van der Waals surface area contributed by atoms with Crippen molar-refractivity contribution in [1.82, 2.24) is 4.90 Å². The Labute approximate surface area is 148 Å². The average Bonchev–Trinajstić information content (AvgIpc) is 2.62. The molecule has 0 spiro atoms. The number of nitrogens with two attached hydrogens (primary N) is 1. The molecule has 2 aromatic carbocycles. The van der Waals surface area contributed by atoms with Gasteiger partial charge >= 0.3 is 0 Å². The van der Waals surface area contributed by atoms with E-state index < -0.39 is 0 Å². The maximum atomic E-state index is 12.8. The molecule has 5 heteroatoms. The molecule has 0 saturated carbocycles. The van der Waals surface area contributed by atoms with Gasteiger partial charge in [-0.05, 0) is 43.7 Å². The van der Waals surface area contributed by atoms with Gasteiger partial charge in [0, 0.05) is 30.2 Å². The molecular weight excluding hydrogens is 312 g/mol. The Kier molecular flexibility index (Phi) is 6.19. The molecule has 0 unspecified atom stereocenters. The van der Waals surface area contributed by atoms with Gasteiger partial charge in [0.25, 0.3) is 5.91 Å². The number of anilines is 2.